The molecule has 2 aliphatic rings. The predicted octanol–water partition coefficient (Wildman–Crippen LogP) is 4.17. The summed E-state index contributed by atoms with van der Waals surface area (Å²) >= 11 is 2.01. The number of rotatable bonds is 3. The Bertz CT molecular complexity index is 431. The molecule has 0 bridgehead atoms. The maximum atomic E-state index is 6.65. The van der Waals surface area contributed by atoms with Crippen LogP contribution in [0.5, 0.6) is 0 Å². The SMILES string of the molecule is CCC1CCC(N)(CC2CSc3ccccc32)C1. The van der Waals surface area contributed by atoms with Gasteiger partial charge in [-0.3, -0.25) is 0 Å². The van der Waals surface area contributed by atoms with Crippen molar-refractivity contribution in [1.29, 1.82) is 0 Å². The van der Waals surface area contributed by atoms with E-state index in [1.807, 2.05) is 11.8 Å². The number of nitrogens with two attached hydrogens (primary N) is 1. The van der Waals surface area contributed by atoms with Crippen LogP contribution in [0.3, 0.4) is 0 Å². The third kappa shape index (κ3) is 2.33. The zero-order chi connectivity index (χ0) is 12.6. The summed E-state index contributed by atoms with van der Waals surface area (Å²) in [4.78, 5) is 1.48. The Hall–Kier alpha value is -0.470. The van der Waals surface area contributed by atoms with Gasteiger partial charge in [-0.2, -0.15) is 0 Å². The number of thioether (sulfide) groups is 1. The lowest BCUT2D eigenvalue weighted by molar-refractivity contribution is 0.361. The number of hydrogen-bond donors (Lipinski definition) is 1. The van der Waals surface area contributed by atoms with Crippen molar-refractivity contribution in [3.05, 3.63) is 29.8 Å². The molecule has 1 aliphatic carbocycles. The molecule has 1 aromatic rings. The van der Waals surface area contributed by atoms with Crippen molar-refractivity contribution >= 4 is 11.8 Å². The zero-order valence-electron chi connectivity index (χ0n) is 11.2. The molecule has 0 radical (unpaired) electrons. The minimum atomic E-state index is 0.114. The molecule has 1 nitrogen and oxygen atoms in total. The van der Waals surface area contributed by atoms with E-state index < -0.39 is 0 Å². The van der Waals surface area contributed by atoms with E-state index >= 15 is 0 Å². The van der Waals surface area contributed by atoms with Crippen LogP contribution in [0.1, 0.15) is 50.5 Å². The predicted molar refractivity (Wildman–Crippen MR) is 79.1 cm³/mol. The topological polar surface area (TPSA) is 26.0 Å². The molecule has 3 rings (SSSR count). The molecule has 0 amide bonds. The Balaban J connectivity index is 1.71. The largest absolute Gasteiger partial charge is 0.325 e. The van der Waals surface area contributed by atoms with Crippen LogP contribution in [0.15, 0.2) is 29.2 Å². The first-order chi connectivity index (χ1) is 8.70. The summed E-state index contributed by atoms with van der Waals surface area (Å²) in [5, 5.41) is 0. The van der Waals surface area contributed by atoms with Crippen molar-refractivity contribution in [3.63, 3.8) is 0 Å². The second-order valence-electron chi connectivity index (χ2n) is 6.13. The van der Waals surface area contributed by atoms with Gasteiger partial charge < -0.3 is 5.73 Å². The quantitative estimate of drug-likeness (QED) is 0.883. The monoisotopic (exact) mass is 261 g/mol. The highest BCUT2D eigenvalue weighted by Crippen LogP contribution is 2.46. The van der Waals surface area contributed by atoms with Crippen molar-refractivity contribution in [3.8, 4) is 0 Å². The van der Waals surface area contributed by atoms with E-state index in [0.29, 0.717) is 5.92 Å². The lowest BCUT2D eigenvalue weighted by Crippen LogP contribution is -2.38. The standard InChI is InChI=1S/C16H23NS/c1-2-12-7-8-16(17,9-12)10-13-11-18-15-6-4-3-5-14(13)15/h3-6,12-13H,2,7-11,17H2,1H3. The fourth-order valence-electron chi connectivity index (χ4n) is 3.69. The van der Waals surface area contributed by atoms with E-state index in [0.717, 1.165) is 5.92 Å². The highest BCUT2D eigenvalue weighted by Gasteiger charge is 2.38. The van der Waals surface area contributed by atoms with E-state index in [2.05, 4.69) is 31.2 Å². The van der Waals surface area contributed by atoms with Crippen molar-refractivity contribution in [1.82, 2.24) is 0 Å². The van der Waals surface area contributed by atoms with E-state index in [-0.39, 0.29) is 5.54 Å². The molecule has 1 fully saturated rings. The Morgan fingerprint density at radius 2 is 2.22 bits per heavy atom. The average Bonchev–Trinajstić information content (AvgIpc) is 2.95. The Morgan fingerprint density at radius 1 is 1.39 bits per heavy atom. The minimum absolute atomic E-state index is 0.114. The second-order valence-corrected chi connectivity index (χ2v) is 7.19. The Kier molecular flexibility index (Phi) is 3.42. The van der Waals surface area contributed by atoms with E-state index in [9.17, 15) is 0 Å². The maximum absolute atomic E-state index is 6.65. The molecule has 1 aliphatic heterocycles. The molecule has 0 spiro atoms. The lowest BCUT2D eigenvalue weighted by Gasteiger charge is -2.28. The summed E-state index contributed by atoms with van der Waals surface area (Å²) in [5.41, 5.74) is 8.32. The normalized spacial score (nSPS) is 34.8. The molecule has 2 N–H and O–H groups in total. The fourth-order valence-corrected chi connectivity index (χ4v) is 4.95. The summed E-state index contributed by atoms with van der Waals surface area (Å²) in [6.45, 7) is 2.30. The number of hydrogen-bond acceptors (Lipinski definition) is 2. The fraction of sp³-hybridized carbons (Fsp3) is 0.625. The van der Waals surface area contributed by atoms with Crippen LogP contribution < -0.4 is 5.73 Å². The molecule has 3 atom stereocenters. The van der Waals surface area contributed by atoms with Crippen LogP contribution in [-0.4, -0.2) is 11.3 Å². The molecular weight excluding hydrogens is 238 g/mol. The van der Waals surface area contributed by atoms with Crippen LogP contribution in [0.4, 0.5) is 0 Å². The molecule has 1 aromatic carbocycles. The van der Waals surface area contributed by atoms with Crippen LogP contribution in [0, 0.1) is 5.92 Å². The van der Waals surface area contributed by atoms with Gasteiger partial charge in [0.25, 0.3) is 0 Å². The van der Waals surface area contributed by atoms with Crippen molar-refractivity contribution in [2.75, 3.05) is 5.75 Å². The van der Waals surface area contributed by atoms with Crippen LogP contribution >= 0.6 is 11.8 Å². The van der Waals surface area contributed by atoms with Crippen LogP contribution in [0.2, 0.25) is 0 Å². The highest BCUT2D eigenvalue weighted by atomic mass is 32.2. The molecule has 1 saturated carbocycles. The van der Waals surface area contributed by atoms with Crippen molar-refractivity contribution in [2.45, 2.75) is 55.4 Å². The average molecular weight is 261 g/mol. The second kappa shape index (κ2) is 4.90. The van der Waals surface area contributed by atoms with Gasteiger partial charge in [-0.05, 0) is 49.1 Å². The molecule has 18 heavy (non-hydrogen) atoms. The van der Waals surface area contributed by atoms with E-state index in [1.165, 1.54) is 42.8 Å². The molecule has 1 heterocycles. The molecule has 3 unspecified atom stereocenters. The first kappa shape index (κ1) is 12.6. The van der Waals surface area contributed by atoms with Gasteiger partial charge in [-0.25, -0.2) is 0 Å². The Labute approximate surface area is 115 Å². The highest BCUT2D eigenvalue weighted by molar-refractivity contribution is 7.99. The van der Waals surface area contributed by atoms with Crippen LogP contribution in [-0.2, 0) is 0 Å². The van der Waals surface area contributed by atoms with Gasteiger partial charge in [-0.15, -0.1) is 11.8 Å². The summed E-state index contributed by atoms with van der Waals surface area (Å²) < 4.78 is 0. The lowest BCUT2D eigenvalue weighted by atomic mass is 9.83. The molecule has 2 heteroatoms. The number of benzene rings is 1. The van der Waals surface area contributed by atoms with Gasteiger partial charge in [0.15, 0.2) is 0 Å². The van der Waals surface area contributed by atoms with Gasteiger partial charge in [-0.1, -0.05) is 31.5 Å². The van der Waals surface area contributed by atoms with Gasteiger partial charge in [0.05, 0.1) is 0 Å². The zero-order valence-corrected chi connectivity index (χ0v) is 12.0. The van der Waals surface area contributed by atoms with Gasteiger partial charge in [0.2, 0.25) is 0 Å². The smallest absolute Gasteiger partial charge is 0.0163 e. The first-order valence-corrected chi connectivity index (χ1v) is 8.19. The van der Waals surface area contributed by atoms with E-state index in [1.54, 1.807) is 5.56 Å². The minimum Gasteiger partial charge on any atom is -0.325 e. The third-order valence-corrected chi connectivity index (χ3v) is 6.03. The molecular formula is C16H23NS. The first-order valence-electron chi connectivity index (χ1n) is 7.21. The molecule has 98 valence electrons. The third-order valence-electron chi connectivity index (χ3n) is 4.77. The number of fused-ring (bicyclic) bond motifs is 1. The summed E-state index contributed by atoms with van der Waals surface area (Å²) in [7, 11) is 0. The van der Waals surface area contributed by atoms with E-state index in [4.69, 9.17) is 5.73 Å². The molecule has 0 saturated heterocycles. The van der Waals surface area contributed by atoms with Crippen molar-refractivity contribution in [2.24, 2.45) is 11.7 Å². The van der Waals surface area contributed by atoms with Crippen molar-refractivity contribution < 1.29 is 0 Å². The summed E-state index contributed by atoms with van der Waals surface area (Å²) in [6.07, 6.45) is 6.30. The molecule has 0 aromatic heterocycles. The van der Waals surface area contributed by atoms with Gasteiger partial charge in [0.1, 0.15) is 0 Å². The Morgan fingerprint density at radius 3 is 3.00 bits per heavy atom. The van der Waals surface area contributed by atoms with Gasteiger partial charge in [0, 0.05) is 16.2 Å². The maximum Gasteiger partial charge on any atom is 0.0163 e. The van der Waals surface area contributed by atoms with Gasteiger partial charge >= 0.3 is 0 Å². The van der Waals surface area contributed by atoms with Crippen LogP contribution in [0.25, 0.3) is 0 Å². The summed E-state index contributed by atoms with van der Waals surface area (Å²) in [6, 6.07) is 8.88. The summed E-state index contributed by atoms with van der Waals surface area (Å²) in [5.74, 6) is 2.79.